The minimum absolute atomic E-state index is 0.480. The van der Waals surface area contributed by atoms with E-state index < -0.39 is 0 Å². The Morgan fingerprint density at radius 1 is 1.11 bits per heavy atom. The Bertz CT molecular complexity index is 1160. The van der Waals surface area contributed by atoms with Crippen LogP contribution >= 0.6 is 15.9 Å². The van der Waals surface area contributed by atoms with Crippen LogP contribution in [0.4, 0.5) is 5.69 Å². The first-order valence-electron chi connectivity index (χ1n) is 8.92. The summed E-state index contributed by atoms with van der Waals surface area (Å²) in [6, 6.07) is 13.8. The van der Waals surface area contributed by atoms with E-state index >= 15 is 0 Å². The van der Waals surface area contributed by atoms with Crippen molar-refractivity contribution in [3.8, 4) is 22.8 Å². The standard InChI is InChI=1S/C21H20BrN5O/c1-12-17(8-5-9-18(12)23)20-24-21(28-26-20)16-7-4-6-15(10-16)11-27-14(3)19(22)13(2)25-27/h4-10H,11,23H2,1-3H3. The van der Waals surface area contributed by atoms with Crippen LogP contribution in [0.15, 0.2) is 51.5 Å². The van der Waals surface area contributed by atoms with E-state index in [9.17, 15) is 0 Å². The molecule has 2 N–H and O–H groups in total. The lowest BCUT2D eigenvalue weighted by atomic mass is 10.1. The van der Waals surface area contributed by atoms with E-state index in [0.29, 0.717) is 23.9 Å². The Hall–Kier alpha value is -2.93. The normalized spacial score (nSPS) is 11.1. The third-order valence-corrected chi connectivity index (χ3v) is 5.99. The van der Waals surface area contributed by atoms with Crippen molar-refractivity contribution in [2.24, 2.45) is 0 Å². The van der Waals surface area contributed by atoms with Gasteiger partial charge < -0.3 is 10.3 Å². The molecule has 0 bridgehead atoms. The van der Waals surface area contributed by atoms with Gasteiger partial charge in [-0.2, -0.15) is 10.1 Å². The topological polar surface area (TPSA) is 82.8 Å². The fraction of sp³-hybridized carbons (Fsp3) is 0.190. The van der Waals surface area contributed by atoms with Gasteiger partial charge in [0.1, 0.15) is 0 Å². The molecule has 142 valence electrons. The molecule has 2 aromatic carbocycles. The molecule has 0 saturated carbocycles. The van der Waals surface area contributed by atoms with Gasteiger partial charge in [-0.1, -0.05) is 29.4 Å². The number of nitrogen functional groups attached to an aromatic ring is 1. The van der Waals surface area contributed by atoms with Gasteiger partial charge in [-0.3, -0.25) is 4.68 Å². The van der Waals surface area contributed by atoms with Crippen LogP contribution in [-0.4, -0.2) is 19.9 Å². The van der Waals surface area contributed by atoms with Gasteiger partial charge in [0.05, 0.1) is 22.4 Å². The fourth-order valence-electron chi connectivity index (χ4n) is 3.15. The number of hydrogen-bond acceptors (Lipinski definition) is 5. The van der Waals surface area contributed by atoms with Crippen LogP contribution in [0, 0.1) is 20.8 Å². The number of rotatable bonds is 4. The molecule has 0 radical (unpaired) electrons. The first-order valence-corrected chi connectivity index (χ1v) is 9.71. The second kappa shape index (κ2) is 7.24. The van der Waals surface area contributed by atoms with Crippen molar-refractivity contribution in [3.05, 3.63) is 69.5 Å². The number of aromatic nitrogens is 4. The van der Waals surface area contributed by atoms with Gasteiger partial charge in [-0.25, -0.2) is 0 Å². The third-order valence-electron chi connectivity index (χ3n) is 4.84. The van der Waals surface area contributed by atoms with Crippen LogP contribution in [0.2, 0.25) is 0 Å². The summed E-state index contributed by atoms with van der Waals surface area (Å²) in [5.74, 6) is 1.01. The van der Waals surface area contributed by atoms with Crippen LogP contribution in [0.25, 0.3) is 22.8 Å². The first-order chi connectivity index (χ1) is 13.4. The Balaban J connectivity index is 1.64. The van der Waals surface area contributed by atoms with Crippen molar-refractivity contribution in [2.75, 3.05) is 5.73 Å². The van der Waals surface area contributed by atoms with E-state index in [2.05, 4.69) is 37.2 Å². The van der Waals surface area contributed by atoms with Crippen LogP contribution < -0.4 is 5.73 Å². The molecule has 0 aliphatic carbocycles. The Morgan fingerprint density at radius 2 is 1.89 bits per heavy atom. The molecule has 0 fully saturated rings. The summed E-state index contributed by atoms with van der Waals surface area (Å²) in [7, 11) is 0. The lowest BCUT2D eigenvalue weighted by Gasteiger charge is -2.06. The second-order valence-electron chi connectivity index (χ2n) is 6.79. The number of benzene rings is 2. The van der Waals surface area contributed by atoms with Crippen molar-refractivity contribution in [1.29, 1.82) is 0 Å². The Morgan fingerprint density at radius 3 is 2.64 bits per heavy atom. The summed E-state index contributed by atoms with van der Waals surface area (Å²) in [5.41, 5.74) is 12.6. The van der Waals surface area contributed by atoms with Crippen molar-refractivity contribution in [3.63, 3.8) is 0 Å². The lowest BCUT2D eigenvalue weighted by Crippen LogP contribution is -2.04. The highest BCUT2D eigenvalue weighted by Crippen LogP contribution is 2.28. The van der Waals surface area contributed by atoms with Crippen molar-refractivity contribution in [1.82, 2.24) is 19.9 Å². The highest BCUT2D eigenvalue weighted by atomic mass is 79.9. The van der Waals surface area contributed by atoms with Gasteiger partial charge in [0.25, 0.3) is 5.89 Å². The number of nitrogens with two attached hydrogens (primary N) is 1. The van der Waals surface area contributed by atoms with Gasteiger partial charge in [0.15, 0.2) is 0 Å². The Labute approximate surface area is 171 Å². The SMILES string of the molecule is Cc1nn(Cc2cccc(-c3nc(-c4cccc(N)c4C)no3)c2)c(C)c1Br. The summed E-state index contributed by atoms with van der Waals surface area (Å²) in [5, 5.41) is 8.72. The summed E-state index contributed by atoms with van der Waals surface area (Å²) in [6.45, 7) is 6.66. The fourth-order valence-corrected chi connectivity index (χ4v) is 3.43. The van der Waals surface area contributed by atoms with E-state index in [0.717, 1.165) is 38.1 Å². The Kier molecular flexibility index (Phi) is 4.77. The molecule has 4 rings (SSSR count). The zero-order chi connectivity index (χ0) is 19.8. The molecule has 0 saturated heterocycles. The summed E-state index contributed by atoms with van der Waals surface area (Å²) in [4.78, 5) is 4.57. The maximum Gasteiger partial charge on any atom is 0.258 e. The van der Waals surface area contributed by atoms with Gasteiger partial charge in [-0.15, -0.1) is 0 Å². The molecular weight excluding hydrogens is 418 g/mol. The maximum atomic E-state index is 6.00. The molecular formula is C21H20BrN5O. The van der Waals surface area contributed by atoms with Gasteiger partial charge >= 0.3 is 0 Å². The van der Waals surface area contributed by atoms with Crippen molar-refractivity contribution < 1.29 is 4.52 Å². The molecule has 28 heavy (non-hydrogen) atoms. The number of aryl methyl sites for hydroxylation is 1. The monoisotopic (exact) mass is 437 g/mol. The molecule has 2 heterocycles. The van der Waals surface area contributed by atoms with Gasteiger partial charge in [0, 0.05) is 16.8 Å². The number of halogens is 1. The first kappa shape index (κ1) is 18.4. The van der Waals surface area contributed by atoms with E-state index in [-0.39, 0.29) is 0 Å². The largest absolute Gasteiger partial charge is 0.398 e. The molecule has 4 aromatic rings. The minimum atomic E-state index is 0.480. The van der Waals surface area contributed by atoms with Crippen LogP contribution in [0.3, 0.4) is 0 Å². The highest BCUT2D eigenvalue weighted by Gasteiger charge is 2.14. The average molecular weight is 438 g/mol. The zero-order valence-electron chi connectivity index (χ0n) is 15.9. The van der Waals surface area contributed by atoms with Crippen molar-refractivity contribution in [2.45, 2.75) is 27.3 Å². The summed E-state index contributed by atoms with van der Waals surface area (Å²) in [6.07, 6.45) is 0. The highest BCUT2D eigenvalue weighted by molar-refractivity contribution is 9.10. The molecule has 0 spiro atoms. The predicted molar refractivity (Wildman–Crippen MR) is 113 cm³/mol. The van der Waals surface area contributed by atoms with E-state index in [1.807, 2.05) is 61.9 Å². The molecule has 2 aromatic heterocycles. The molecule has 0 atom stereocenters. The van der Waals surface area contributed by atoms with Crippen LogP contribution in [0.1, 0.15) is 22.5 Å². The minimum Gasteiger partial charge on any atom is -0.398 e. The smallest absolute Gasteiger partial charge is 0.258 e. The number of anilines is 1. The molecule has 7 heteroatoms. The zero-order valence-corrected chi connectivity index (χ0v) is 17.5. The molecule has 0 aliphatic rings. The summed E-state index contributed by atoms with van der Waals surface area (Å²) >= 11 is 3.57. The molecule has 0 amide bonds. The summed E-state index contributed by atoms with van der Waals surface area (Å²) < 4.78 is 8.54. The average Bonchev–Trinajstić information content (AvgIpc) is 3.26. The molecule has 6 nitrogen and oxygen atoms in total. The van der Waals surface area contributed by atoms with Crippen LogP contribution in [0.5, 0.6) is 0 Å². The molecule has 0 aliphatic heterocycles. The van der Waals surface area contributed by atoms with Gasteiger partial charge in [-0.05, 0) is 66.0 Å². The quantitative estimate of drug-likeness (QED) is 0.458. The van der Waals surface area contributed by atoms with Gasteiger partial charge in [0.2, 0.25) is 5.82 Å². The van der Waals surface area contributed by atoms with E-state index in [1.54, 1.807) is 0 Å². The van der Waals surface area contributed by atoms with Crippen LogP contribution in [-0.2, 0) is 6.54 Å². The lowest BCUT2D eigenvalue weighted by molar-refractivity contribution is 0.432. The molecule has 0 unspecified atom stereocenters. The second-order valence-corrected chi connectivity index (χ2v) is 7.58. The van der Waals surface area contributed by atoms with Crippen molar-refractivity contribution >= 4 is 21.6 Å². The maximum absolute atomic E-state index is 6.00. The third kappa shape index (κ3) is 3.33. The predicted octanol–water partition coefficient (Wildman–Crippen LogP) is 4.92. The van der Waals surface area contributed by atoms with E-state index in [1.165, 1.54) is 0 Å². The number of nitrogens with zero attached hydrogens (tertiary/aromatic N) is 4. The number of hydrogen-bond donors (Lipinski definition) is 1. The van der Waals surface area contributed by atoms with E-state index in [4.69, 9.17) is 10.3 Å².